The molecule has 4 rings (SSSR count). The van der Waals surface area contributed by atoms with Crippen LogP contribution in [0.1, 0.15) is 4.88 Å². The molecule has 4 heterocycles. The predicted molar refractivity (Wildman–Crippen MR) is 121 cm³/mol. The third-order valence-electron chi connectivity index (χ3n) is 4.88. The van der Waals surface area contributed by atoms with E-state index in [4.69, 9.17) is 0 Å². The molecule has 0 spiro atoms. The number of anilines is 4. The number of nitrogens with zero attached hydrogens (tertiary/aromatic N) is 6. The number of nitrogens with one attached hydrogen (secondary N) is 3. The van der Waals surface area contributed by atoms with Crippen LogP contribution in [0, 0.1) is 0 Å². The molecule has 30 heavy (non-hydrogen) atoms. The van der Waals surface area contributed by atoms with Gasteiger partial charge in [-0.15, -0.1) is 11.3 Å². The van der Waals surface area contributed by atoms with Crippen LogP contribution in [0.15, 0.2) is 42.0 Å². The van der Waals surface area contributed by atoms with Gasteiger partial charge in [-0.05, 0) is 30.6 Å². The van der Waals surface area contributed by atoms with Gasteiger partial charge in [0.05, 0.1) is 6.54 Å². The van der Waals surface area contributed by atoms with Crippen LogP contribution in [0.3, 0.4) is 0 Å². The number of hydrogen-bond acceptors (Lipinski definition) is 10. The van der Waals surface area contributed by atoms with Crippen LogP contribution in [0.4, 0.5) is 23.5 Å². The van der Waals surface area contributed by atoms with Gasteiger partial charge in [-0.3, -0.25) is 9.88 Å². The van der Waals surface area contributed by atoms with E-state index in [-0.39, 0.29) is 0 Å². The van der Waals surface area contributed by atoms with Gasteiger partial charge in [0.1, 0.15) is 0 Å². The fourth-order valence-electron chi connectivity index (χ4n) is 3.13. The molecule has 0 unspecified atom stereocenters. The molecule has 0 bridgehead atoms. The fraction of sp³-hybridized carbons (Fsp3) is 0.400. The Bertz CT molecular complexity index is 896. The lowest BCUT2D eigenvalue weighted by Gasteiger charge is -2.32. The van der Waals surface area contributed by atoms with Crippen molar-refractivity contribution in [1.82, 2.24) is 29.7 Å². The molecular formula is C20H27N9S. The molecule has 1 aliphatic heterocycles. The molecule has 0 aliphatic carbocycles. The summed E-state index contributed by atoms with van der Waals surface area (Å²) in [5.41, 5.74) is 0.879. The summed E-state index contributed by atoms with van der Waals surface area (Å²) < 4.78 is 0. The van der Waals surface area contributed by atoms with Gasteiger partial charge in [0, 0.05) is 62.2 Å². The molecule has 3 N–H and O–H groups in total. The molecule has 0 amide bonds. The summed E-state index contributed by atoms with van der Waals surface area (Å²) >= 11 is 1.70. The van der Waals surface area contributed by atoms with Crippen LogP contribution >= 0.6 is 11.3 Å². The van der Waals surface area contributed by atoms with Crippen molar-refractivity contribution in [2.45, 2.75) is 6.54 Å². The monoisotopic (exact) mass is 425 g/mol. The summed E-state index contributed by atoms with van der Waals surface area (Å²) in [4.78, 5) is 23.7. The van der Waals surface area contributed by atoms with Crippen LogP contribution in [0.25, 0.3) is 0 Å². The summed E-state index contributed by atoms with van der Waals surface area (Å²) in [6.07, 6.45) is 3.46. The first-order valence-electron chi connectivity index (χ1n) is 10.1. The Hall–Kier alpha value is -2.82. The third kappa shape index (κ3) is 6.09. The lowest BCUT2D eigenvalue weighted by molar-refractivity contribution is 0.158. The van der Waals surface area contributed by atoms with Crippen molar-refractivity contribution in [1.29, 1.82) is 0 Å². The van der Waals surface area contributed by atoms with Crippen LogP contribution < -0.4 is 16.0 Å². The van der Waals surface area contributed by atoms with E-state index in [0.29, 0.717) is 24.4 Å². The second kappa shape index (κ2) is 10.3. The Morgan fingerprint density at radius 3 is 2.40 bits per heavy atom. The first kappa shape index (κ1) is 20.5. The highest BCUT2D eigenvalue weighted by atomic mass is 32.1. The molecule has 158 valence electrons. The van der Waals surface area contributed by atoms with Gasteiger partial charge in [-0.2, -0.15) is 15.0 Å². The van der Waals surface area contributed by atoms with E-state index in [1.54, 1.807) is 23.7 Å². The van der Waals surface area contributed by atoms with Gasteiger partial charge < -0.3 is 20.9 Å². The highest BCUT2D eigenvalue weighted by molar-refractivity contribution is 7.09. The maximum atomic E-state index is 4.55. The molecule has 1 aliphatic rings. The van der Waals surface area contributed by atoms with Gasteiger partial charge in [0.2, 0.25) is 17.8 Å². The molecular weight excluding hydrogens is 398 g/mol. The molecule has 0 radical (unpaired) electrons. The van der Waals surface area contributed by atoms with E-state index >= 15 is 0 Å². The summed E-state index contributed by atoms with van der Waals surface area (Å²) in [6, 6.07) is 7.88. The molecule has 3 aromatic rings. The van der Waals surface area contributed by atoms with E-state index in [0.717, 1.165) is 45.0 Å². The topological polar surface area (TPSA) is 94.1 Å². The highest BCUT2D eigenvalue weighted by Gasteiger charge is 2.13. The van der Waals surface area contributed by atoms with Crippen LogP contribution in [-0.2, 0) is 6.54 Å². The summed E-state index contributed by atoms with van der Waals surface area (Å²) in [5, 5.41) is 11.9. The van der Waals surface area contributed by atoms with E-state index in [1.807, 2.05) is 18.2 Å². The van der Waals surface area contributed by atoms with E-state index in [9.17, 15) is 0 Å². The standard InChI is InChI=1S/C20H27N9S/c1-28-10-12-29(13-11-28)9-8-22-18-25-19(23-15-17-3-2-14-30-17)27-20(26-18)24-16-4-6-21-7-5-16/h2-7,14H,8-13,15H2,1H3,(H3,21,22,23,24,25,26,27). The normalized spacial score (nSPS) is 15.1. The van der Waals surface area contributed by atoms with Crippen molar-refractivity contribution in [3.05, 3.63) is 46.9 Å². The van der Waals surface area contributed by atoms with Crippen LogP contribution in [0.5, 0.6) is 0 Å². The zero-order valence-electron chi connectivity index (χ0n) is 17.1. The minimum absolute atomic E-state index is 0.493. The van der Waals surface area contributed by atoms with E-state index in [1.165, 1.54) is 4.88 Å². The van der Waals surface area contributed by atoms with Crippen LogP contribution in [0.2, 0.25) is 0 Å². The van der Waals surface area contributed by atoms with E-state index < -0.39 is 0 Å². The number of aromatic nitrogens is 4. The second-order valence-electron chi connectivity index (χ2n) is 7.17. The van der Waals surface area contributed by atoms with Gasteiger partial charge in [0.15, 0.2) is 0 Å². The number of likely N-dealkylation sites (N-methyl/N-ethyl adjacent to an activating group) is 1. The molecule has 0 aromatic carbocycles. The average Bonchev–Trinajstić information content (AvgIpc) is 3.28. The van der Waals surface area contributed by atoms with Crippen molar-refractivity contribution >= 4 is 34.9 Å². The Labute approximate surface area is 180 Å². The maximum absolute atomic E-state index is 4.55. The number of rotatable bonds is 9. The summed E-state index contributed by atoms with van der Waals surface area (Å²) in [6.45, 7) is 6.84. The third-order valence-corrected chi connectivity index (χ3v) is 5.76. The van der Waals surface area contributed by atoms with Gasteiger partial charge >= 0.3 is 0 Å². The Balaban J connectivity index is 1.40. The highest BCUT2D eigenvalue weighted by Crippen LogP contribution is 2.16. The zero-order valence-corrected chi connectivity index (χ0v) is 17.9. The van der Waals surface area contributed by atoms with Gasteiger partial charge in [-0.25, -0.2) is 0 Å². The van der Waals surface area contributed by atoms with Crippen LogP contribution in [-0.4, -0.2) is 76.1 Å². The maximum Gasteiger partial charge on any atom is 0.233 e. The SMILES string of the molecule is CN1CCN(CCNc2nc(NCc3cccs3)nc(Nc3ccncc3)n2)CC1. The number of piperazine rings is 1. The first-order valence-corrected chi connectivity index (χ1v) is 11.0. The lowest BCUT2D eigenvalue weighted by Crippen LogP contribution is -2.45. The van der Waals surface area contributed by atoms with Crippen molar-refractivity contribution in [2.24, 2.45) is 0 Å². The summed E-state index contributed by atoms with van der Waals surface area (Å²) in [7, 11) is 2.17. The smallest absolute Gasteiger partial charge is 0.233 e. The quantitative estimate of drug-likeness (QED) is 0.477. The summed E-state index contributed by atoms with van der Waals surface area (Å²) in [5.74, 6) is 1.59. The minimum Gasteiger partial charge on any atom is -0.353 e. The molecule has 0 saturated carbocycles. The van der Waals surface area contributed by atoms with E-state index in [2.05, 4.69) is 64.2 Å². The van der Waals surface area contributed by atoms with Crippen molar-refractivity contribution in [2.75, 3.05) is 62.3 Å². The minimum atomic E-state index is 0.493. The molecule has 1 fully saturated rings. The predicted octanol–water partition coefficient (Wildman–Crippen LogP) is 2.34. The van der Waals surface area contributed by atoms with Gasteiger partial charge in [-0.1, -0.05) is 6.07 Å². The fourth-order valence-corrected chi connectivity index (χ4v) is 3.78. The zero-order chi connectivity index (χ0) is 20.6. The number of pyridine rings is 1. The lowest BCUT2D eigenvalue weighted by atomic mass is 10.3. The van der Waals surface area contributed by atoms with Crippen molar-refractivity contribution in [3.63, 3.8) is 0 Å². The number of thiophene rings is 1. The van der Waals surface area contributed by atoms with Crippen molar-refractivity contribution in [3.8, 4) is 0 Å². The Morgan fingerprint density at radius 1 is 0.933 bits per heavy atom. The molecule has 3 aromatic heterocycles. The van der Waals surface area contributed by atoms with Crippen molar-refractivity contribution < 1.29 is 0 Å². The molecule has 0 atom stereocenters. The second-order valence-corrected chi connectivity index (χ2v) is 8.20. The first-order chi connectivity index (χ1) is 14.7. The molecule has 9 nitrogen and oxygen atoms in total. The average molecular weight is 426 g/mol. The van der Waals surface area contributed by atoms with Gasteiger partial charge in [0.25, 0.3) is 0 Å². The Kier molecular flexibility index (Phi) is 7.01. The number of hydrogen-bond donors (Lipinski definition) is 3. The molecule has 1 saturated heterocycles. The Morgan fingerprint density at radius 2 is 1.67 bits per heavy atom. The molecule has 10 heteroatoms. The largest absolute Gasteiger partial charge is 0.353 e.